The Balaban J connectivity index is 1.85. The van der Waals surface area contributed by atoms with Crippen LogP contribution in [-0.2, 0) is 6.54 Å². The molecule has 0 saturated carbocycles. The van der Waals surface area contributed by atoms with Gasteiger partial charge < -0.3 is 5.32 Å². The van der Waals surface area contributed by atoms with E-state index in [1.165, 1.54) is 30.6 Å². The maximum absolute atomic E-state index is 13.7. The number of non-ortho nitro benzene ring substituents is 1. The van der Waals surface area contributed by atoms with Crippen molar-refractivity contribution in [3.05, 3.63) is 75.9 Å². The maximum atomic E-state index is 13.7. The van der Waals surface area contributed by atoms with Crippen LogP contribution in [0.3, 0.4) is 0 Å². The van der Waals surface area contributed by atoms with Crippen LogP contribution in [0, 0.1) is 15.9 Å². The number of nitro groups is 1. The van der Waals surface area contributed by atoms with E-state index in [0.29, 0.717) is 15.6 Å². The van der Waals surface area contributed by atoms with Crippen molar-refractivity contribution in [2.75, 3.05) is 0 Å². The second kappa shape index (κ2) is 7.74. The standard InChI is InChI=1S/C16H12FN5O3S/c17-13-4-2-1-3-10(13)8-18-15(23)12-7-11(22(24)25)5-6-14(12)26-16-19-9-20-21-16/h1-7,9H,8H2,(H,18,23)(H,19,20,21). The molecule has 2 N–H and O–H groups in total. The second-order valence-electron chi connectivity index (χ2n) is 5.10. The Morgan fingerprint density at radius 2 is 2.12 bits per heavy atom. The van der Waals surface area contributed by atoms with Crippen LogP contribution in [0.15, 0.2) is 58.8 Å². The number of hydrogen-bond acceptors (Lipinski definition) is 6. The normalized spacial score (nSPS) is 10.5. The smallest absolute Gasteiger partial charge is 0.270 e. The van der Waals surface area contributed by atoms with Gasteiger partial charge in [0, 0.05) is 29.1 Å². The first-order valence-electron chi connectivity index (χ1n) is 7.38. The largest absolute Gasteiger partial charge is 0.348 e. The molecule has 0 bridgehead atoms. The second-order valence-corrected chi connectivity index (χ2v) is 6.13. The van der Waals surface area contributed by atoms with Gasteiger partial charge in [-0.15, -0.1) is 0 Å². The van der Waals surface area contributed by atoms with Crippen molar-refractivity contribution in [3.8, 4) is 0 Å². The monoisotopic (exact) mass is 373 g/mol. The molecule has 0 radical (unpaired) electrons. The fourth-order valence-electron chi connectivity index (χ4n) is 2.16. The highest BCUT2D eigenvalue weighted by Crippen LogP contribution is 2.30. The van der Waals surface area contributed by atoms with Crippen LogP contribution in [-0.4, -0.2) is 26.0 Å². The van der Waals surface area contributed by atoms with E-state index >= 15 is 0 Å². The van der Waals surface area contributed by atoms with Crippen LogP contribution in [0.2, 0.25) is 0 Å². The summed E-state index contributed by atoms with van der Waals surface area (Å²) in [5.74, 6) is -0.998. The molecule has 0 atom stereocenters. The van der Waals surface area contributed by atoms with Crippen LogP contribution in [0.1, 0.15) is 15.9 Å². The molecule has 3 aromatic rings. The number of halogens is 1. The number of benzene rings is 2. The Morgan fingerprint density at radius 1 is 1.31 bits per heavy atom. The molecule has 0 fully saturated rings. The van der Waals surface area contributed by atoms with E-state index in [1.54, 1.807) is 18.2 Å². The van der Waals surface area contributed by atoms with Gasteiger partial charge >= 0.3 is 0 Å². The summed E-state index contributed by atoms with van der Waals surface area (Å²) in [5, 5.41) is 20.4. The number of rotatable bonds is 6. The first-order chi connectivity index (χ1) is 12.5. The van der Waals surface area contributed by atoms with Gasteiger partial charge in [-0.1, -0.05) is 18.2 Å². The zero-order valence-electron chi connectivity index (χ0n) is 13.2. The fraction of sp³-hybridized carbons (Fsp3) is 0.0625. The average Bonchev–Trinajstić information content (AvgIpc) is 3.14. The summed E-state index contributed by atoms with van der Waals surface area (Å²) >= 11 is 1.11. The Hall–Kier alpha value is -3.27. The molecule has 0 spiro atoms. The lowest BCUT2D eigenvalue weighted by molar-refractivity contribution is -0.384. The molecular formula is C16H12FN5O3S. The zero-order valence-corrected chi connectivity index (χ0v) is 14.0. The van der Waals surface area contributed by atoms with Gasteiger partial charge in [-0.3, -0.25) is 20.0 Å². The van der Waals surface area contributed by atoms with Crippen LogP contribution >= 0.6 is 11.8 Å². The average molecular weight is 373 g/mol. The summed E-state index contributed by atoms with van der Waals surface area (Å²) in [6.45, 7) is -0.0411. The lowest BCUT2D eigenvalue weighted by atomic mass is 10.1. The zero-order chi connectivity index (χ0) is 18.5. The highest BCUT2D eigenvalue weighted by molar-refractivity contribution is 7.99. The Kier molecular flexibility index (Phi) is 5.23. The number of nitrogens with zero attached hydrogens (tertiary/aromatic N) is 3. The molecule has 0 unspecified atom stereocenters. The van der Waals surface area contributed by atoms with E-state index in [1.807, 2.05) is 0 Å². The number of H-pyrrole nitrogens is 1. The van der Waals surface area contributed by atoms with E-state index in [2.05, 4.69) is 20.5 Å². The van der Waals surface area contributed by atoms with E-state index in [0.717, 1.165) is 11.8 Å². The molecule has 1 amide bonds. The van der Waals surface area contributed by atoms with Crippen molar-refractivity contribution < 1.29 is 14.1 Å². The van der Waals surface area contributed by atoms with Crippen molar-refractivity contribution in [2.45, 2.75) is 16.6 Å². The number of aromatic amines is 1. The number of nitro benzene ring substituents is 1. The number of amides is 1. The minimum absolute atomic E-state index is 0.0411. The van der Waals surface area contributed by atoms with E-state index in [-0.39, 0.29) is 17.8 Å². The molecule has 26 heavy (non-hydrogen) atoms. The summed E-state index contributed by atoms with van der Waals surface area (Å²) in [7, 11) is 0. The quantitative estimate of drug-likeness (QED) is 0.507. The first kappa shape index (κ1) is 17.5. The fourth-order valence-corrected chi connectivity index (χ4v) is 2.96. The predicted octanol–water partition coefficient (Wildman–Crippen LogP) is 2.93. The van der Waals surface area contributed by atoms with Crippen molar-refractivity contribution >= 4 is 23.4 Å². The number of carbonyl (C=O) groups excluding carboxylic acids is 1. The van der Waals surface area contributed by atoms with Crippen molar-refractivity contribution in [3.63, 3.8) is 0 Å². The molecule has 8 nitrogen and oxygen atoms in total. The van der Waals surface area contributed by atoms with E-state index in [9.17, 15) is 19.3 Å². The summed E-state index contributed by atoms with van der Waals surface area (Å²) in [6.07, 6.45) is 1.31. The molecule has 10 heteroatoms. The topological polar surface area (TPSA) is 114 Å². The third-order valence-corrected chi connectivity index (χ3v) is 4.38. The highest BCUT2D eigenvalue weighted by atomic mass is 32.2. The number of aromatic nitrogens is 3. The predicted molar refractivity (Wildman–Crippen MR) is 91.2 cm³/mol. The Morgan fingerprint density at radius 3 is 2.81 bits per heavy atom. The Bertz CT molecular complexity index is 949. The third-order valence-electron chi connectivity index (χ3n) is 3.42. The third kappa shape index (κ3) is 4.03. The summed E-state index contributed by atoms with van der Waals surface area (Å²) in [6, 6.07) is 9.98. The summed E-state index contributed by atoms with van der Waals surface area (Å²) in [4.78, 5) is 27.4. The van der Waals surface area contributed by atoms with Crippen molar-refractivity contribution in [1.82, 2.24) is 20.5 Å². The minimum atomic E-state index is -0.587. The highest BCUT2D eigenvalue weighted by Gasteiger charge is 2.18. The van der Waals surface area contributed by atoms with Gasteiger partial charge in [-0.2, -0.15) is 5.10 Å². The van der Waals surface area contributed by atoms with Crippen molar-refractivity contribution in [1.29, 1.82) is 0 Å². The molecule has 0 aliphatic rings. The SMILES string of the molecule is O=C(NCc1ccccc1F)c1cc([N+](=O)[O-])ccc1Sc1ncn[nH]1. The molecule has 1 heterocycles. The lowest BCUT2D eigenvalue weighted by Crippen LogP contribution is -2.24. The van der Waals surface area contributed by atoms with Crippen LogP contribution < -0.4 is 5.32 Å². The van der Waals surface area contributed by atoms with Gasteiger partial charge in [0.05, 0.1) is 10.5 Å². The molecule has 0 saturated heterocycles. The number of carbonyl (C=O) groups is 1. The molecule has 0 aliphatic carbocycles. The first-order valence-corrected chi connectivity index (χ1v) is 8.19. The molecule has 0 aliphatic heterocycles. The van der Waals surface area contributed by atoms with Gasteiger partial charge in [0.15, 0.2) is 5.16 Å². The van der Waals surface area contributed by atoms with Gasteiger partial charge in [0.25, 0.3) is 11.6 Å². The van der Waals surface area contributed by atoms with Crippen LogP contribution in [0.4, 0.5) is 10.1 Å². The molecule has 2 aromatic carbocycles. The number of hydrogen-bond donors (Lipinski definition) is 2. The Labute approximate surface area is 151 Å². The van der Waals surface area contributed by atoms with E-state index in [4.69, 9.17) is 0 Å². The molecular weight excluding hydrogens is 361 g/mol. The summed E-state index contributed by atoms with van der Waals surface area (Å²) < 4.78 is 13.7. The van der Waals surface area contributed by atoms with Crippen LogP contribution in [0.25, 0.3) is 0 Å². The van der Waals surface area contributed by atoms with Crippen LogP contribution in [0.5, 0.6) is 0 Å². The van der Waals surface area contributed by atoms with Crippen molar-refractivity contribution in [2.24, 2.45) is 0 Å². The van der Waals surface area contributed by atoms with Gasteiger partial charge in [0.1, 0.15) is 12.1 Å². The minimum Gasteiger partial charge on any atom is -0.348 e. The van der Waals surface area contributed by atoms with Gasteiger partial charge in [-0.25, -0.2) is 9.37 Å². The van der Waals surface area contributed by atoms with Gasteiger partial charge in [-0.05, 0) is 23.9 Å². The summed E-state index contributed by atoms with van der Waals surface area (Å²) in [5.41, 5.74) is 0.190. The molecule has 1 aromatic heterocycles. The lowest BCUT2D eigenvalue weighted by Gasteiger charge is -2.09. The maximum Gasteiger partial charge on any atom is 0.270 e. The molecule has 3 rings (SSSR count). The van der Waals surface area contributed by atoms with Gasteiger partial charge in [0.2, 0.25) is 0 Å². The molecule has 132 valence electrons. The number of nitrogens with one attached hydrogen (secondary N) is 2. The van der Waals surface area contributed by atoms with E-state index < -0.39 is 16.6 Å².